The summed E-state index contributed by atoms with van der Waals surface area (Å²) in [5.74, 6) is 2.56. The van der Waals surface area contributed by atoms with Crippen molar-refractivity contribution >= 4 is 33.0 Å². The van der Waals surface area contributed by atoms with E-state index < -0.39 is 0 Å². The van der Waals surface area contributed by atoms with E-state index >= 15 is 0 Å². The van der Waals surface area contributed by atoms with Gasteiger partial charge in [-0.2, -0.15) is 0 Å². The highest BCUT2D eigenvalue weighted by Crippen LogP contribution is 2.36. The van der Waals surface area contributed by atoms with Gasteiger partial charge in [-0.05, 0) is 72.8 Å². The van der Waals surface area contributed by atoms with Gasteiger partial charge in [0.15, 0.2) is 11.2 Å². The number of nitrogens with zero attached hydrogens (tertiary/aromatic N) is 2. The van der Waals surface area contributed by atoms with Crippen LogP contribution in [0.4, 0.5) is 0 Å². The van der Waals surface area contributed by atoms with Crippen LogP contribution >= 0.6 is 0 Å². The van der Waals surface area contributed by atoms with Gasteiger partial charge in [0, 0.05) is 50.3 Å². The molecule has 0 unspecified atom stereocenters. The highest BCUT2D eigenvalue weighted by Gasteiger charge is 2.16. The van der Waals surface area contributed by atoms with Crippen LogP contribution in [0.25, 0.3) is 55.9 Å². The zero-order valence-electron chi connectivity index (χ0n) is 27.2. The summed E-state index contributed by atoms with van der Waals surface area (Å²) in [5, 5.41) is 1.81. The molecule has 2 heterocycles. The predicted molar refractivity (Wildman–Crippen MR) is 179 cm³/mol. The Hall–Kier alpha value is -4.52. The Morgan fingerprint density at radius 2 is 0.851 bits per heavy atom. The molecule has 0 spiro atoms. The standard InChI is InChI=1S/C34H34N2O8.C2H6O/c1-37-15-17-39-19-21-41-25-7-3-23(4-8-25)33-35-29-13-11-28-27(31(29)43-33)12-14-30-32(28)44-34(36-30)24-5-9-26(10-6-24)42-22-20-40-18-16-38-2;1-3-2/h3-14H,15-22H2,1-2H3;1-2H3. The van der Waals surface area contributed by atoms with Crippen molar-refractivity contribution in [1.29, 1.82) is 0 Å². The minimum Gasteiger partial charge on any atom is -0.491 e. The third kappa shape index (κ3) is 8.85. The lowest BCUT2D eigenvalue weighted by molar-refractivity contribution is 0.0544. The number of fused-ring (bicyclic) bond motifs is 5. The van der Waals surface area contributed by atoms with Crippen molar-refractivity contribution in [2.24, 2.45) is 0 Å². The maximum absolute atomic E-state index is 6.28. The van der Waals surface area contributed by atoms with Crippen LogP contribution in [0, 0.1) is 0 Å². The first kappa shape index (κ1) is 33.8. The van der Waals surface area contributed by atoms with Crippen LogP contribution < -0.4 is 9.47 Å². The van der Waals surface area contributed by atoms with Gasteiger partial charge in [-0.3, -0.25) is 0 Å². The Labute approximate surface area is 273 Å². The van der Waals surface area contributed by atoms with E-state index in [1.54, 1.807) is 28.4 Å². The van der Waals surface area contributed by atoms with E-state index in [2.05, 4.69) is 4.74 Å². The number of oxazole rings is 2. The van der Waals surface area contributed by atoms with Crippen molar-refractivity contribution in [3.05, 3.63) is 72.8 Å². The molecular weight excluding hydrogens is 604 g/mol. The van der Waals surface area contributed by atoms with E-state index in [-0.39, 0.29) is 0 Å². The first-order valence-corrected chi connectivity index (χ1v) is 15.3. The quantitative estimate of drug-likeness (QED) is 0.104. The number of hydrogen-bond acceptors (Lipinski definition) is 11. The van der Waals surface area contributed by atoms with E-state index in [9.17, 15) is 0 Å². The van der Waals surface area contributed by atoms with Crippen molar-refractivity contribution in [3.63, 3.8) is 0 Å². The first-order chi connectivity index (χ1) is 23.1. The van der Waals surface area contributed by atoms with Gasteiger partial charge in [0.2, 0.25) is 11.8 Å². The Bertz CT molecular complexity index is 1680. The minimum atomic E-state index is 0.460. The second-order valence-electron chi connectivity index (χ2n) is 10.3. The molecule has 0 N–H and O–H groups in total. The summed E-state index contributed by atoms with van der Waals surface area (Å²) in [6.45, 7) is 4.14. The fourth-order valence-electron chi connectivity index (χ4n) is 4.74. The van der Waals surface area contributed by atoms with Crippen molar-refractivity contribution in [2.45, 2.75) is 0 Å². The predicted octanol–water partition coefficient (Wildman–Crippen LogP) is 6.80. The molecule has 11 heteroatoms. The Morgan fingerprint density at radius 1 is 0.468 bits per heavy atom. The average molecular weight is 645 g/mol. The molecule has 11 nitrogen and oxygen atoms in total. The molecule has 0 aliphatic rings. The van der Waals surface area contributed by atoms with Crippen LogP contribution in [-0.4, -0.2) is 91.3 Å². The topological polar surface area (TPSA) is 117 Å². The van der Waals surface area contributed by atoms with E-state index in [1.807, 2.05) is 72.8 Å². The van der Waals surface area contributed by atoms with Crippen molar-refractivity contribution < 1.29 is 42.0 Å². The van der Waals surface area contributed by atoms with E-state index in [0.29, 0.717) is 75.8 Å². The maximum atomic E-state index is 6.28. The van der Waals surface area contributed by atoms with Crippen molar-refractivity contribution in [2.75, 3.05) is 81.3 Å². The molecule has 0 fully saturated rings. The summed E-state index contributed by atoms with van der Waals surface area (Å²) in [6.07, 6.45) is 0. The fraction of sp³-hybridized carbons (Fsp3) is 0.333. The van der Waals surface area contributed by atoms with Gasteiger partial charge < -0.3 is 42.0 Å². The average Bonchev–Trinajstić information content (AvgIpc) is 3.74. The highest BCUT2D eigenvalue weighted by atomic mass is 16.5. The van der Waals surface area contributed by atoms with Gasteiger partial charge in [0.1, 0.15) is 35.7 Å². The van der Waals surface area contributed by atoms with E-state index in [1.165, 1.54) is 0 Å². The van der Waals surface area contributed by atoms with Crippen LogP contribution in [0.15, 0.2) is 81.6 Å². The molecule has 2 aromatic heterocycles. The highest BCUT2D eigenvalue weighted by molar-refractivity contribution is 6.12. The molecule has 248 valence electrons. The normalized spacial score (nSPS) is 11.2. The van der Waals surface area contributed by atoms with Gasteiger partial charge in [0.25, 0.3) is 0 Å². The molecule has 47 heavy (non-hydrogen) atoms. The number of ether oxygens (including phenoxy) is 7. The number of benzene rings is 4. The summed E-state index contributed by atoms with van der Waals surface area (Å²) in [6, 6.07) is 23.2. The smallest absolute Gasteiger partial charge is 0.227 e. The van der Waals surface area contributed by atoms with Crippen LogP contribution in [0.5, 0.6) is 11.5 Å². The largest absolute Gasteiger partial charge is 0.491 e. The molecule has 0 atom stereocenters. The van der Waals surface area contributed by atoms with Gasteiger partial charge >= 0.3 is 0 Å². The van der Waals surface area contributed by atoms with Crippen molar-refractivity contribution in [3.8, 4) is 34.4 Å². The van der Waals surface area contributed by atoms with E-state index in [4.69, 9.17) is 47.2 Å². The fourth-order valence-corrected chi connectivity index (χ4v) is 4.74. The monoisotopic (exact) mass is 644 g/mol. The maximum Gasteiger partial charge on any atom is 0.227 e. The molecule has 0 saturated heterocycles. The Morgan fingerprint density at radius 3 is 1.23 bits per heavy atom. The van der Waals surface area contributed by atoms with Crippen molar-refractivity contribution in [1.82, 2.24) is 9.97 Å². The lowest BCUT2D eigenvalue weighted by Crippen LogP contribution is -2.09. The SMILES string of the molecule is COC.COCCOCCOc1ccc(-c2nc3ccc4c(ccc5nc(-c6ccc(OCCOCCOC)cc6)oc54)c3o2)cc1. The van der Waals surface area contributed by atoms with Gasteiger partial charge in [-0.25, -0.2) is 9.97 Å². The van der Waals surface area contributed by atoms with E-state index in [0.717, 1.165) is 44.4 Å². The Kier molecular flexibility index (Phi) is 12.5. The number of methoxy groups -OCH3 is 3. The molecule has 0 aliphatic heterocycles. The van der Waals surface area contributed by atoms with Gasteiger partial charge in [-0.1, -0.05) is 0 Å². The van der Waals surface area contributed by atoms with Crippen LogP contribution in [0.1, 0.15) is 0 Å². The second-order valence-corrected chi connectivity index (χ2v) is 10.3. The number of hydrogen-bond donors (Lipinski definition) is 0. The number of rotatable bonds is 16. The summed E-state index contributed by atoms with van der Waals surface area (Å²) in [5.41, 5.74) is 4.62. The van der Waals surface area contributed by atoms with Gasteiger partial charge in [-0.15, -0.1) is 0 Å². The molecule has 0 aliphatic carbocycles. The molecule has 6 aromatic rings. The lowest BCUT2D eigenvalue weighted by Gasteiger charge is -2.07. The zero-order chi connectivity index (χ0) is 32.8. The van der Waals surface area contributed by atoms with Crippen LogP contribution in [-0.2, 0) is 23.7 Å². The first-order valence-electron chi connectivity index (χ1n) is 15.3. The van der Waals surface area contributed by atoms with Crippen LogP contribution in [0.3, 0.4) is 0 Å². The molecule has 0 radical (unpaired) electrons. The van der Waals surface area contributed by atoms with Crippen LogP contribution in [0.2, 0.25) is 0 Å². The summed E-state index contributed by atoms with van der Waals surface area (Å²) in [7, 11) is 6.55. The molecule has 0 saturated carbocycles. The lowest BCUT2D eigenvalue weighted by atomic mass is 10.1. The second kappa shape index (κ2) is 17.4. The minimum absolute atomic E-state index is 0.460. The molecule has 0 bridgehead atoms. The third-order valence-electron chi connectivity index (χ3n) is 6.96. The summed E-state index contributed by atoms with van der Waals surface area (Å²) >= 11 is 0. The summed E-state index contributed by atoms with van der Waals surface area (Å²) < 4.78 is 49.1. The molecule has 4 aromatic carbocycles. The molecule has 0 amide bonds. The van der Waals surface area contributed by atoms with Gasteiger partial charge in [0.05, 0.1) is 39.6 Å². The molecule has 6 rings (SSSR count). The summed E-state index contributed by atoms with van der Waals surface area (Å²) in [4.78, 5) is 9.47. The Balaban J connectivity index is 0.00000139. The number of aromatic nitrogens is 2. The third-order valence-corrected chi connectivity index (χ3v) is 6.96. The molecular formula is C36H40N2O9. The zero-order valence-corrected chi connectivity index (χ0v) is 27.2.